The van der Waals surface area contributed by atoms with Gasteiger partial charge in [0.1, 0.15) is 11.4 Å². The van der Waals surface area contributed by atoms with Crippen LogP contribution in [0.5, 0.6) is 0 Å². The van der Waals surface area contributed by atoms with Crippen molar-refractivity contribution in [3.8, 4) is 22.5 Å². The highest BCUT2D eigenvalue weighted by atomic mass is 19.4. The quantitative estimate of drug-likeness (QED) is 0.635. The summed E-state index contributed by atoms with van der Waals surface area (Å²) in [5.74, 6) is -1.63. The zero-order valence-electron chi connectivity index (χ0n) is 16.7. The molecule has 1 aliphatic heterocycles. The molecule has 0 spiro atoms. The fourth-order valence-corrected chi connectivity index (χ4v) is 3.49. The molecule has 11 heteroatoms. The Labute approximate surface area is 179 Å². The minimum absolute atomic E-state index is 0.0274. The average Bonchev–Trinajstić information content (AvgIpc) is 3.35. The molecule has 3 heterocycles. The molecule has 8 nitrogen and oxygen atoms in total. The highest BCUT2D eigenvalue weighted by Crippen LogP contribution is 2.36. The standard InChI is InChI=1S/C21H17F3N4O4/c1-28-6-5-20(31,19(28)30)17-10-15(27-32-17)12-4-2-3-11(7-12)14-8-13(21(22,23)24)9-16(26-14)18(25)29/h2-4,7-10,31H,5-6H2,1H3,(H2,25,29)/t20-/m1/s1. The van der Waals surface area contributed by atoms with Gasteiger partial charge in [-0.25, -0.2) is 4.98 Å². The van der Waals surface area contributed by atoms with Crippen LogP contribution in [-0.4, -0.2) is 45.6 Å². The van der Waals surface area contributed by atoms with E-state index < -0.39 is 34.8 Å². The van der Waals surface area contributed by atoms with E-state index in [0.717, 1.165) is 6.07 Å². The number of nitrogens with two attached hydrogens (primary N) is 1. The van der Waals surface area contributed by atoms with Gasteiger partial charge in [-0.05, 0) is 18.2 Å². The van der Waals surface area contributed by atoms with Crippen molar-refractivity contribution in [3.05, 3.63) is 59.5 Å². The molecule has 1 aromatic carbocycles. The van der Waals surface area contributed by atoms with Crippen molar-refractivity contribution >= 4 is 11.8 Å². The van der Waals surface area contributed by atoms with Crippen molar-refractivity contribution in [2.75, 3.05) is 13.6 Å². The monoisotopic (exact) mass is 446 g/mol. The molecule has 0 radical (unpaired) electrons. The first-order chi connectivity index (χ1) is 15.0. The van der Waals surface area contributed by atoms with Crippen LogP contribution in [0.1, 0.15) is 28.2 Å². The summed E-state index contributed by atoms with van der Waals surface area (Å²) >= 11 is 0. The molecule has 3 aromatic rings. The van der Waals surface area contributed by atoms with Crippen LogP contribution in [0.25, 0.3) is 22.5 Å². The Morgan fingerprint density at radius 3 is 2.47 bits per heavy atom. The maximum atomic E-state index is 13.3. The summed E-state index contributed by atoms with van der Waals surface area (Å²) in [6, 6.07) is 9.02. The molecule has 0 unspecified atom stereocenters. The van der Waals surface area contributed by atoms with Crippen LogP contribution in [0.3, 0.4) is 0 Å². The van der Waals surface area contributed by atoms with Crippen LogP contribution in [0, 0.1) is 0 Å². The van der Waals surface area contributed by atoms with Gasteiger partial charge in [0.2, 0.25) is 5.60 Å². The molecule has 0 bridgehead atoms. The largest absolute Gasteiger partial charge is 0.416 e. The van der Waals surface area contributed by atoms with Crippen LogP contribution in [-0.2, 0) is 16.6 Å². The molecule has 2 aromatic heterocycles. The number of likely N-dealkylation sites (tertiary alicyclic amines) is 1. The summed E-state index contributed by atoms with van der Waals surface area (Å²) in [6.45, 7) is 0.351. The van der Waals surface area contributed by atoms with Gasteiger partial charge in [-0.1, -0.05) is 23.4 Å². The number of benzene rings is 1. The normalized spacial score (nSPS) is 18.9. The predicted octanol–water partition coefficient (Wildman–Crippen LogP) is 2.57. The van der Waals surface area contributed by atoms with Gasteiger partial charge in [0, 0.05) is 37.2 Å². The summed E-state index contributed by atoms with van der Waals surface area (Å²) in [4.78, 5) is 29.1. The number of alkyl halides is 3. The number of primary amides is 1. The number of carbonyl (C=O) groups excluding carboxylic acids is 2. The van der Waals surface area contributed by atoms with Crippen molar-refractivity contribution in [1.29, 1.82) is 0 Å². The molecule has 1 fully saturated rings. The van der Waals surface area contributed by atoms with Gasteiger partial charge in [-0.15, -0.1) is 0 Å². The Morgan fingerprint density at radius 2 is 1.88 bits per heavy atom. The SMILES string of the molecule is CN1CC[C@@](O)(c2cc(-c3cccc(-c4cc(C(F)(F)F)cc(C(N)=O)n4)c3)no2)C1=O. The van der Waals surface area contributed by atoms with Gasteiger partial charge in [0.05, 0.1) is 11.3 Å². The van der Waals surface area contributed by atoms with Crippen LogP contribution in [0.2, 0.25) is 0 Å². The van der Waals surface area contributed by atoms with Crippen molar-refractivity contribution in [2.24, 2.45) is 5.73 Å². The second kappa shape index (κ2) is 7.45. The number of nitrogens with zero attached hydrogens (tertiary/aromatic N) is 3. The third-order valence-corrected chi connectivity index (χ3v) is 5.29. The molecule has 32 heavy (non-hydrogen) atoms. The lowest BCUT2D eigenvalue weighted by Crippen LogP contribution is -2.35. The first-order valence-corrected chi connectivity index (χ1v) is 9.44. The molecular formula is C21H17F3N4O4. The summed E-state index contributed by atoms with van der Waals surface area (Å²) in [5, 5.41) is 14.6. The minimum Gasteiger partial charge on any atom is -0.373 e. The molecule has 0 saturated carbocycles. The zero-order valence-corrected chi connectivity index (χ0v) is 16.7. The summed E-state index contributed by atoms with van der Waals surface area (Å²) < 4.78 is 45.0. The second-order valence-electron chi connectivity index (χ2n) is 7.48. The molecule has 1 aliphatic rings. The van der Waals surface area contributed by atoms with Crippen molar-refractivity contribution in [3.63, 3.8) is 0 Å². The first-order valence-electron chi connectivity index (χ1n) is 9.44. The number of pyridine rings is 1. The number of rotatable bonds is 4. The maximum absolute atomic E-state index is 13.3. The summed E-state index contributed by atoms with van der Waals surface area (Å²) in [7, 11) is 1.56. The molecule has 3 N–H and O–H groups in total. The van der Waals surface area contributed by atoms with Gasteiger partial charge in [-0.3, -0.25) is 9.59 Å². The van der Waals surface area contributed by atoms with E-state index in [4.69, 9.17) is 10.3 Å². The van der Waals surface area contributed by atoms with Crippen LogP contribution in [0.4, 0.5) is 13.2 Å². The first kappa shape index (κ1) is 21.5. The maximum Gasteiger partial charge on any atom is 0.416 e. The number of aromatic nitrogens is 2. The van der Waals surface area contributed by atoms with E-state index in [2.05, 4.69) is 10.1 Å². The lowest BCUT2D eigenvalue weighted by molar-refractivity contribution is -0.144. The molecule has 4 rings (SSSR count). The average molecular weight is 446 g/mol. The molecule has 0 aliphatic carbocycles. The lowest BCUT2D eigenvalue weighted by Gasteiger charge is -2.16. The lowest BCUT2D eigenvalue weighted by atomic mass is 9.97. The predicted molar refractivity (Wildman–Crippen MR) is 105 cm³/mol. The van der Waals surface area contributed by atoms with E-state index in [0.29, 0.717) is 18.2 Å². The van der Waals surface area contributed by atoms with Crippen molar-refractivity contribution in [2.45, 2.75) is 18.2 Å². The molecule has 1 atom stereocenters. The highest BCUT2D eigenvalue weighted by molar-refractivity contribution is 5.91. The van der Waals surface area contributed by atoms with Crippen LogP contribution >= 0.6 is 0 Å². The molecular weight excluding hydrogens is 429 g/mol. The Kier molecular flexibility index (Phi) is 5.00. The minimum atomic E-state index is -4.70. The van der Waals surface area contributed by atoms with E-state index in [1.807, 2.05) is 0 Å². The number of hydrogen-bond donors (Lipinski definition) is 2. The zero-order chi connectivity index (χ0) is 23.3. The van der Waals surface area contributed by atoms with Crippen LogP contribution < -0.4 is 5.73 Å². The molecule has 1 saturated heterocycles. The number of likely N-dealkylation sites (N-methyl/N-ethyl adjacent to an activating group) is 1. The highest BCUT2D eigenvalue weighted by Gasteiger charge is 2.48. The molecule has 2 amide bonds. The van der Waals surface area contributed by atoms with E-state index in [-0.39, 0.29) is 29.1 Å². The number of aliphatic hydroxyl groups is 1. The Balaban J connectivity index is 1.73. The van der Waals surface area contributed by atoms with E-state index in [1.54, 1.807) is 19.2 Å². The second-order valence-corrected chi connectivity index (χ2v) is 7.48. The fraction of sp³-hybridized carbons (Fsp3) is 0.238. The fourth-order valence-electron chi connectivity index (χ4n) is 3.49. The van der Waals surface area contributed by atoms with Gasteiger partial charge >= 0.3 is 6.18 Å². The van der Waals surface area contributed by atoms with Gasteiger partial charge in [0.25, 0.3) is 11.8 Å². The molecule has 166 valence electrons. The van der Waals surface area contributed by atoms with Gasteiger partial charge in [0.15, 0.2) is 5.76 Å². The van der Waals surface area contributed by atoms with Crippen molar-refractivity contribution < 1.29 is 32.4 Å². The summed E-state index contributed by atoms with van der Waals surface area (Å²) in [5.41, 5.74) is 2.62. The summed E-state index contributed by atoms with van der Waals surface area (Å²) in [6.07, 6.45) is -4.56. The Hall–Kier alpha value is -3.73. The topological polar surface area (TPSA) is 123 Å². The van der Waals surface area contributed by atoms with E-state index in [1.165, 1.54) is 23.1 Å². The number of carbonyl (C=O) groups is 2. The number of amides is 2. The number of hydrogen-bond acceptors (Lipinski definition) is 6. The smallest absolute Gasteiger partial charge is 0.373 e. The van der Waals surface area contributed by atoms with Gasteiger partial charge < -0.3 is 20.3 Å². The Bertz CT molecular complexity index is 1220. The van der Waals surface area contributed by atoms with Crippen molar-refractivity contribution in [1.82, 2.24) is 15.0 Å². The Morgan fingerprint density at radius 1 is 1.19 bits per heavy atom. The van der Waals surface area contributed by atoms with Crippen LogP contribution in [0.15, 0.2) is 47.0 Å². The van der Waals surface area contributed by atoms with E-state index in [9.17, 15) is 27.9 Å². The number of halogens is 3. The third-order valence-electron chi connectivity index (χ3n) is 5.29. The van der Waals surface area contributed by atoms with E-state index >= 15 is 0 Å². The third kappa shape index (κ3) is 3.71. The van der Waals surface area contributed by atoms with Gasteiger partial charge in [-0.2, -0.15) is 13.2 Å².